The van der Waals surface area contributed by atoms with Gasteiger partial charge in [0.15, 0.2) is 11.5 Å². The fourth-order valence-electron chi connectivity index (χ4n) is 1.24. The third-order valence-electron chi connectivity index (χ3n) is 1.75. The minimum atomic E-state index is -0.115. The number of carbonyl (C=O) groups excluding carboxylic acids is 1. The third-order valence-corrected chi connectivity index (χ3v) is 2.34. The lowest BCUT2D eigenvalue weighted by atomic mass is 10.3. The van der Waals surface area contributed by atoms with Gasteiger partial charge in [-0.05, 0) is 22.0 Å². The first-order valence-corrected chi connectivity index (χ1v) is 4.83. The van der Waals surface area contributed by atoms with Gasteiger partial charge in [0.1, 0.15) is 0 Å². The SMILES string of the molecule is CC(=O)Nc1cc(Br)c2c(c1)OCO2. The number of rotatable bonds is 1. The Morgan fingerprint density at radius 1 is 1.50 bits per heavy atom. The second-order valence-corrected chi connectivity index (χ2v) is 3.73. The summed E-state index contributed by atoms with van der Waals surface area (Å²) in [6.45, 7) is 1.68. The zero-order valence-corrected chi connectivity index (χ0v) is 9.05. The van der Waals surface area contributed by atoms with E-state index in [-0.39, 0.29) is 12.7 Å². The van der Waals surface area contributed by atoms with Crippen LogP contribution >= 0.6 is 15.9 Å². The molecule has 74 valence electrons. The molecule has 0 fully saturated rings. The minimum Gasteiger partial charge on any atom is -0.453 e. The molecule has 4 nitrogen and oxygen atoms in total. The van der Waals surface area contributed by atoms with Crippen molar-refractivity contribution < 1.29 is 14.3 Å². The number of halogens is 1. The largest absolute Gasteiger partial charge is 0.453 e. The maximum Gasteiger partial charge on any atom is 0.231 e. The number of nitrogens with one attached hydrogen (secondary N) is 1. The summed E-state index contributed by atoms with van der Waals surface area (Å²) in [6, 6.07) is 3.50. The Hall–Kier alpha value is -1.23. The van der Waals surface area contributed by atoms with E-state index in [9.17, 15) is 4.79 Å². The zero-order chi connectivity index (χ0) is 10.1. The molecule has 1 amide bonds. The fourth-order valence-corrected chi connectivity index (χ4v) is 1.80. The number of anilines is 1. The van der Waals surface area contributed by atoms with Gasteiger partial charge in [-0.2, -0.15) is 0 Å². The number of amides is 1. The predicted octanol–water partition coefficient (Wildman–Crippen LogP) is 2.14. The van der Waals surface area contributed by atoms with E-state index in [1.807, 2.05) is 0 Å². The van der Waals surface area contributed by atoms with Crippen LogP contribution in [0.3, 0.4) is 0 Å². The molecule has 0 spiro atoms. The molecule has 0 radical (unpaired) electrons. The molecule has 1 aliphatic heterocycles. The normalized spacial score (nSPS) is 12.7. The predicted molar refractivity (Wildman–Crippen MR) is 54.6 cm³/mol. The molecule has 0 aromatic heterocycles. The van der Waals surface area contributed by atoms with Gasteiger partial charge in [0.05, 0.1) is 4.47 Å². The molecule has 1 aliphatic rings. The smallest absolute Gasteiger partial charge is 0.231 e. The van der Waals surface area contributed by atoms with Crippen LogP contribution < -0.4 is 14.8 Å². The first-order chi connectivity index (χ1) is 6.66. The van der Waals surface area contributed by atoms with Crippen molar-refractivity contribution in [2.75, 3.05) is 12.1 Å². The monoisotopic (exact) mass is 257 g/mol. The van der Waals surface area contributed by atoms with E-state index in [0.717, 1.165) is 4.47 Å². The lowest BCUT2D eigenvalue weighted by Gasteiger charge is -2.04. The molecule has 1 aromatic carbocycles. The molecule has 0 bridgehead atoms. The van der Waals surface area contributed by atoms with Gasteiger partial charge in [-0.15, -0.1) is 0 Å². The van der Waals surface area contributed by atoms with Crippen LogP contribution in [0.5, 0.6) is 11.5 Å². The lowest BCUT2D eigenvalue weighted by molar-refractivity contribution is -0.114. The number of benzene rings is 1. The summed E-state index contributed by atoms with van der Waals surface area (Å²) in [5.41, 5.74) is 0.689. The van der Waals surface area contributed by atoms with Gasteiger partial charge in [0.25, 0.3) is 0 Å². The molecule has 14 heavy (non-hydrogen) atoms. The number of hydrogen-bond donors (Lipinski definition) is 1. The van der Waals surface area contributed by atoms with Crippen molar-refractivity contribution in [2.24, 2.45) is 0 Å². The number of fused-ring (bicyclic) bond motifs is 1. The van der Waals surface area contributed by atoms with Gasteiger partial charge >= 0.3 is 0 Å². The van der Waals surface area contributed by atoms with Crippen molar-refractivity contribution in [3.8, 4) is 11.5 Å². The highest BCUT2D eigenvalue weighted by Gasteiger charge is 2.18. The summed E-state index contributed by atoms with van der Waals surface area (Å²) in [4.78, 5) is 10.8. The summed E-state index contributed by atoms with van der Waals surface area (Å²) in [7, 11) is 0. The van der Waals surface area contributed by atoms with E-state index >= 15 is 0 Å². The summed E-state index contributed by atoms with van der Waals surface area (Å²) < 4.78 is 11.2. The van der Waals surface area contributed by atoms with Crippen LogP contribution in [0.1, 0.15) is 6.92 Å². The highest BCUT2D eigenvalue weighted by molar-refractivity contribution is 9.10. The topological polar surface area (TPSA) is 47.6 Å². The van der Waals surface area contributed by atoms with Crippen LogP contribution in [0.15, 0.2) is 16.6 Å². The molecule has 5 heteroatoms. The van der Waals surface area contributed by atoms with Crippen LogP contribution in [0, 0.1) is 0 Å². The average Bonchev–Trinajstić information content (AvgIpc) is 2.50. The quantitative estimate of drug-likeness (QED) is 0.839. The summed E-state index contributed by atoms with van der Waals surface area (Å²) in [5.74, 6) is 1.21. The van der Waals surface area contributed by atoms with Crippen molar-refractivity contribution in [3.05, 3.63) is 16.6 Å². The Morgan fingerprint density at radius 3 is 3.00 bits per heavy atom. The molecule has 2 rings (SSSR count). The van der Waals surface area contributed by atoms with E-state index in [1.165, 1.54) is 6.92 Å². The third kappa shape index (κ3) is 1.68. The maximum absolute atomic E-state index is 10.8. The van der Waals surface area contributed by atoms with Crippen molar-refractivity contribution in [1.29, 1.82) is 0 Å². The Balaban J connectivity index is 2.36. The van der Waals surface area contributed by atoms with Crippen LogP contribution in [0.25, 0.3) is 0 Å². The van der Waals surface area contributed by atoms with Crippen LogP contribution in [-0.4, -0.2) is 12.7 Å². The van der Waals surface area contributed by atoms with Crippen LogP contribution in [0.4, 0.5) is 5.69 Å². The van der Waals surface area contributed by atoms with Crippen molar-refractivity contribution in [1.82, 2.24) is 0 Å². The van der Waals surface area contributed by atoms with Crippen LogP contribution in [0.2, 0.25) is 0 Å². The molecule has 0 unspecified atom stereocenters. The van der Waals surface area contributed by atoms with E-state index in [1.54, 1.807) is 12.1 Å². The minimum absolute atomic E-state index is 0.115. The van der Waals surface area contributed by atoms with Gasteiger partial charge in [-0.1, -0.05) is 0 Å². The number of ether oxygens (including phenoxy) is 2. The molecular formula is C9H8BrNO3. The molecule has 0 saturated heterocycles. The first-order valence-electron chi connectivity index (χ1n) is 4.03. The van der Waals surface area contributed by atoms with Gasteiger partial charge in [-0.3, -0.25) is 4.79 Å². The Kier molecular flexibility index (Phi) is 2.33. The maximum atomic E-state index is 10.8. The average molecular weight is 258 g/mol. The molecule has 1 aromatic rings. The summed E-state index contributed by atoms with van der Waals surface area (Å²) in [5, 5.41) is 2.67. The van der Waals surface area contributed by atoms with Crippen molar-refractivity contribution in [3.63, 3.8) is 0 Å². The van der Waals surface area contributed by atoms with E-state index in [0.29, 0.717) is 17.2 Å². The van der Waals surface area contributed by atoms with Crippen LogP contribution in [-0.2, 0) is 4.79 Å². The van der Waals surface area contributed by atoms with Gasteiger partial charge in [0.2, 0.25) is 12.7 Å². The van der Waals surface area contributed by atoms with Gasteiger partial charge in [-0.25, -0.2) is 0 Å². The zero-order valence-electron chi connectivity index (χ0n) is 7.46. The Morgan fingerprint density at radius 2 is 2.29 bits per heavy atom. The molecule has 0 atom stereocenters. The molecule has 1 N–H and O–H groups in total. The second kappa shape index (κ2) is 3.49. The van der Waals surface area contributed by atoms with Gasteiger partial charge in [0, 0.05) is 18.7 Å². The number of hydrogen-bond acceptors (Lipinski definition) is 3. The van der Waals surface area contributed by atoms with Crippen molar-refractivity contribution in [2.45, 2.75) is 6.92 Å². The Bertz CT molecular complexity index is 392. The molecule has 0 saturated carbocycles. The van der Waals surface area contributed by atoms with E-state index < -0.39 is 0 Å². The summed E-state index contributed by atoms with van der Waals surface area (Å²) in [6.07, 6.45) is 0. The standard InChI is InChI=1S/C9H8BrNO3/c1-5(12)11-6-2-7(10)9-8(3-6)13-4-14-9/h2-3H,4H2,1H3,(H,11,12). The number of carbonyl (C=O) groups is 1. The van der Waals surface area contributed by atoms with Gasteiger partial charge < -0.3 is 14.8 Å². The highest BCUT2D eigenvalue weighted by Crippen LogP contribution is 2.41. The second-order valence-electron chi connectivity index (χ2n) is 2.87. The van der Waals surface area contributed by atoms with E-state index in [4.69, 9.17) is 9.47 Å². The highest BCUT2D eigenvalue weighted by atomic mass is 79.9. The Labute approximate surface area is 89.3 Å². The molecule has 0 aliphatic carbocycles. The molecular weight excluding hydrogens is 250 g/mol. The first kappa shape index (κ1) is 9.33. The fraction of sp³-hybridized carbons (Fsp3) is 0.222. The summed E-state index contributed by atoms with van der Waals surface area (Å²) >= 11 is 3.33. The van der Waals surface area contributed by atoms with E-state index in [2.05, 4.69) is 21.2 Å². The van der Waals surface area contributed by atoms with Crippen molar-refractivity contribution >= 4 is 27.5 Å². The molecule has 1 heterocycles. The lowest BCUT2D eigenvalue weighted by Crippen LogP contribution is -2.05.